The molecule has 1 aromatic carbocycles. The molecule has 0 saturated heterocycles. The second kappa shape index (κ2) is 5.61. The first kappa shape index (κ1) is 14.6. The van der Waals surface area contributed by atoms with Gasteiger partial charge in [-0.05, 0) is 11.6 Å². The van der Waals surface area contributed by atoms with Gasteiger partial charge in [0.05, 0.1) is 6.04 Å². The molecule has 0 radical (unpaired) electrons. The predicted octanol–water partition coefficient (Wildman–Crippen LogP) is 2.39. The summed E-state index contributed by atoms with van der Waals surface area (Å²) in [7, 11) is 0. The van der Waals surface area contributed by atoms with E-state index in [-0.39, 0.29) is 23.0 Å². The van der Waals surface area contributed by atoms with Crippen molar-refractivity contribution in [3.63, 3.8) is 0 Å². The standard InChI is InChI=1S/C9H10ClF2NO.ClH/c10-7-4-2-1-3-6(7)8(13)9(11,12)5-14;/h1-4,8,14H,5,13H2;1H/t8-;/m0./s1. The van der Waals surface area contributed by atoms with Crippen LogP contribution in [0.25, 0.3) is 0 Å². The van der Waals surface area contributed by atoms with Crippen molar-refractivity contribution in [3.8, 4) is 0 Å². The van der Waals surface area contributed by atoms with Crippen LogP contribution in [0.3, 0.4) is 0 Å². The van der Waals surface area contributed by atoms with E-state index in [0.717, 1.165) is 0 Å². The van der Waals surface area contributed by atoms with Crippen molar-refractivity contribution in [2.45, 2.75) is 12.0 Å². The van der Waals surface area contributed by atoms with E-state index in [1.165, 1.54) is 12.1 Å². The van der Waals surface area contributed by atoms with Crippen molar-refractivity contribution in [1.29, 1.82) is 0 Å². The number of hydrogen-bond donors (Lipinski definition) is 2. The summed E-state index contributed by atoms with van der Waals surface area (Å²) in [6.45, 7) is -1.29. The first-order valence-electron chi connectivity index (χ1n) is 3.97. The van der Waals surface area contributed by atoms with Gasteiger partial charge in [-0.3, -0.25) is 0 Å². The maximum atomic E-state index is 13.0. The smallest absolute Gasteiger partial charge is 0.289 e. The summed E-state index contributed by atoms with van der Waals surface area (Å²) in [4.78, 5) is 0. The first-order chi connectivity index (χ1) is 6.49. The molecule has 3 N–H and O–H groups in total. The highest BCUT2D eigenvalue weighted by molar-refractivity contribution is 6.31. The van der Waals surface area contributed by atoms with Crippen LogP contribution in [0.15, 0.2) is 24.3 Å². The fourth-order valence-corrected chi connectivity index (χ4v) is 1.31. The molecule has 0 bridgehead atoms. The number of nitrogens with two attached hydrogens (primary N) is 1. The quantitative estimate of drug-likeness (QED) is 0.874. The van der Waals surface area contributed by atoms with Crippen molar-refractivity contribution in [2.75, 3.05) is 6.61 Å². The molecule has 0 spiro atoms. The molecule has 1 rings (SSSR count). The molecule has 1 aromatic rings. The molecule has 0 aliphatic rings. The molecule has 0 saturated carbocycles. The Hall–Kier alpha value is -0.420. The normalized spacial score (nSPS) is 13.1. The maximum absolute atomic E-state index is 13.0. The van der Waals surface area contributed by atoms with Gasteiger partial charge >= 0.3 is 0 Å². The molecule has 2 nitrogen and oxygen atoms in total. The van der Waals surface area contributed by atoms with Crippen LogP contribution in [0.2, 0.25) is 5.02 Å². The number of halogens is 4. The van der Waals surface area contributed by atoms with Crippen LogP contribution in [0.4, 0.5) is 8.78 Å². The van der Waals surface area contributed by atoms with Crippen LogP contribution in [0.5, 0.6) is 0 Å². The zero-order chi connectivity index (χ0) is 10.8. The van der Waals surface area contributed by atoms with E-state index in [1.807, 2.05) is 0 Å². The molecule has 15 heavy (non-hydrogen) atoms. The van der Waals surface area contributed by atoms with Gasteiger partial charge in [0.2, 0.25) is 0 Å². The summed E-state index contributed by atoms with van der Waals surface area (Å²) < 4.78 is 26.0. The maximum Gasteiger partial charge on any atom is 0.289 e. The van der Waals surface area contributed by atoms with Gasteiger partial charge in [-0.25, -0.2) is 8.78 Å². The SMILES string of the molecule is Cl.N[C@@H](c1ccccc1Cl)C(F)(F)CO. The van der Waals surface area contributed by atoms with Crippen molar-refractivity contribution >= 4 is 24.0 Å². The van der Waals surface area contributed by atoms with Crippen molar-refractivity contribution < 1.29 is 13.9 Å². The van der Waals surface area contributed by atoms with Gasteiger partial charge in [-0.1, -0.05) is 29.8 Å². The van der Waals surface area contributed by atoms with Gasteiger partial charge in [-0.2, -0.15) is 0 Å². The minimum Gasteiger partial charge on any atom is -0.390 e. The van der Waals surface area contributed by atoms with Crippen molar-refractivity contribution in [2.24, 2.45) is 5.73 Å². The predicted molar refractivity (Wildman–Crippen MR) is 57.7 cm³/mol. The largest absolute Gasteiger partial charge is 0.390 e. The highest BCUT2D eigenvalue weighted by Crippen LogP contribution is 2.32. The summed E-state index contributed by atoms with van der Waals surface area (Å²) in [5, 5.41) is 8.62. The minimum atomic E-state index is -3.36. The van der Waals surface area contributed by atoms with E-state index in [9.17, 15) is 8.78 Å². The molecule has 0 unspecified atom stereocenters. The minimum absolute atomic E-state index is 0. The monoisotopic (exact) mass is 257 g/mol. The highest BCUT2D eigenvalue weighted by Gasteiger charge is 2.38. The second-order valence-electron chi connectivity index (χ2n) is 2.92. The number of hydrogen-bond acceptors (Lipinski definition) is 2. The Bertz CT molecular complexity index is 323. The number of aliphatic hydroxyl groups excluding tert-OH is 1. The summed E-state index contributed by atoms with van der Waals surface area (Å²) in [6, 6.07) is 4.49. The van der Waals surface area contributed by atoms with E-state index in [1.54, 1.807) is 12.1 Å². The lowest BCUT2D eigenvalue weighted by Gasteiger charge is -2.22. The lowest BCUT2D eigenvalue weighted by atomic mass is 10.0. The third-order valence-corrected chi connectivity index (χ3v) is 2.25. The van der Waals surface area contributed by atoms with E-state index in [4.69, 9.17) is 22.4 Å². The third kappa shape index (κ3) is 3.28. The molecule has 0 aliphatic carbocycles. The van der Waals surface area contributed by atoms with Gasteiger partial charge in [-0.15, -0.1) is 12.4 Å². The number of alkyl halides is 2. The van der Waals surface area contributed by atoms with Gasteiger partial charge in [0.1, 0.15) is 6.61 Å². The zero-order valence-electron chi connectivity index (χ0n) is 7.66. The molecule has 0 aromatic heterocycles. The Balaban J connectivity index is 0.00000196. The fourth-order valence-electron chi connectivity index (χ4n) is 1.05. The average Bonchev–Trinajstić information content (AvgIpc) is 2.17. The molecular formula is C9H11Cl2F2NO. The number of rotatable bonds is 3. The summed E-state index contributed by atoms with van der Waals surface area (Å²) in [5.74, 6) is -3.36. The van der Waals surface area contributed by atoms with Crippen LogP contribution < -0.4 is 5.73 Å². The molecule has 1 atom stereocenters. The van der Waals surface area contributed by atoms with Crippen molar-refractivity contribution in [3.05, 3.63) is 34.9 Å². The van der Waals surface area contributed by atoms with Gasteiger partial charge in [0.25, 0.3) is 5.92 Å². The Morgan fingerprint density at radius 2 is 1.93 bits per heavy atom. The zero-order valence-corrected chi connectivity index (χ0v) is 9.23. The lowest BCUT2D eigenvalue weighted by Crippen LogP contribution is -2.36. The Labute approximate surface area is 97.4 Å². The Kier molecular flexibility index (Phi) is 5.45. The van der Waals surface area contributed by atoms with Gasteiger partial charge in [0.15, 0.2) is 0 Å². The van der Waals surface area contributed by atoms with Crippen LogP contribution in [-0.4, -0.2) is 17.6 Å². The van der Waals surface area contributed by atoms with E-state index in [0.29, 0.717) is 0 Å². The van der Waals surface area contributed by atoms with E-state index in [2.05, 4.69) is 0 Å². The molecule has 6 heteroatoms. The number of benzene rings is 1. The van der Waals surface area contributed by atoms with Crippen molar-refractivity contribution in [1.82, 2.24) is 0 Å². The summed E-state index contributed by atoms with van der Waals surface area (Å²) in [6.07, 6.45) is 0. The van der Waals surface area contributed by atoms with Crippen LogP contribution in [-0.2, 0) is 0 Å². The van der Waals surface area contributed by atoms with Crippen LogP contribution in [0, 0.1) is 0 Å². The van der Waals surface area contributed by atoms with Crippen LogP contribution in [0.1, 0.15) is 11.6 Å². The highest BCUT2D eigenvalue weighted by atomic mass is 35.5. The fraction of sp³-hybridized carbons (Fsp3) is 0.333. The first-order valence-corrected chi connectivity index (χ1v) is 4.35. The topological polar surface area (TPSA) is 46.2 Å². The third-order valence-electron chi connectivity index (χ3n) is 1.91. The second-order valence-corrected chi connectivity index (χ2v) is 3.33. The molecule has 0 aliphatic heterocycles. The van der Waals surface area contributed by atoms with E-state index < -0.39 is 18.6 Å². The average molecular weight is 258 g/mol. The molecule has 0 heterocycles. The molecule has 86 valence electrons. The van der Waals surface area contributed by atoms with Crippen LogP contribution >= 0.6 is 24.0 Å². The summed E-state index contributed by atoms with van der Waals surface area (Å²) >= 11 is 5.69. The Morgan fingerprint density at radius 1 is 1.40 bits per heavy atom. The molecule has 0 amide bonds. The van der Waals surface area contributed by atoms with Gasteiger partial charge < -0.3 is 10.8 Å². The summed E-state index contributed by atoms with van der Waals surface area (Å²) in [5.41, 5.74) is 5.42. The number of aliphatic hydroxyl groups is 1. The van der Waals surface area contributed by atoms with Gasteiger partial charge in [0, 0.05) is 5.02 Å². The Morgan fingerprint density at radius 3 is 2.40 bits per heavy atom. The lowest BCUT2D eigenvalue weighted by molar-refractivity contribution is -0.0711. The van der Waals surface area contributed by atoms with E-state index >= 15 is 0 Å². The molecule has 0 fully saturated rings. The molecular weight excluding hydrogens is 247 g/mol.